The molecule has 3 heterocycles. The van der Waals surface area contributed by atoms with Crippen LogP contribution in [0, 0.1) is 30.5 Å². The molecule has 0 amide bonds. The molecule has 3 aromatic heterocycles. The Labute approximate surface area is 180 Å². The van der Waals surface area contributed by atoms with Crippen molar-refractivity contribution >= 4 is 27.8 Å². The van der Waals surface area contributed by atoms with Crippen LogP contribution in [0.5, 0.6) is 0 Å². The maximum absolute atomic E-state index is 13.9. The van der Waals surface area contributed by atoms with Gasteiger partial charge in [0.2, 0.25) is 0 Å². The molecule has 2 unspecified atom stereocenters. The molecule has 5 nitrogen and oxygen atoms in total. The number of hydrogen-bond acceptors (Lipinski definition) is 4. The Bertz CT molecular complexity index is 1290. The first-order chi connectivity index (χ1) is 15.1. The van der Waals surface area contributed by atoms with Crippen molar-refractivity contribution in [1.29, 1.82) is 0 Å². The van der Waals surface area contributed by atoms with Crippen molar-refractivity contribution < 1.29 is 4.39 Å². The topological polar surface area (TPSA) is 66.5 Å². The SMILES string of the molecule is Cc1ccc2nc(-c3c[nH]c4ncc(F)cc34)nc(NC3C4CCC(CC4)C3C)c2c1. The van der Waals surface area contributed by atoms with E-state index in [1.807, 2.05) is 12.3 Å². The molecule has 3 aliphatic carbocycles. The minimum Gasteiger partial charge on any atom is -0.366 e. The number of pyridine rings is 1. The van der Waals surface area contributed by atoms with Gasteiger partial charge in [-0.15, -0.1) is 0 Å². The van der Waals surface area contributed by atoms with Crippen molar-refractivity contribution in [2.24, 2.45) is 17.8 Å². The van der Waals surface area contributed by atoms with Crippen molar-refractivity contribution in [3.8, 4) is 11.4 Å². The van der Waals surface area contributed by atoms with Crippen molar-refractivity contribution in [3.05, 3.63) is 48.0 Å². The lowest BCUT2D eigenvalue weighted by Gasteiger charge is -2.47. The Kier molecular flexibility index (Phi) is 4.23. The number of benzene rings is 1. The minimum absolute atomic E-state index is 0.366. The van der Waals surface area contributed by atoms with Gasteiger partial charge in [-0.1, -0.05) is 18.6 Å². The Balaban J connectivity index is 1.50. The molecule has 2 atom stereocenters. The van der Waals surface area contributed by atoms with Crippen molar-refractivity contribution in [2.75, 3.05) is 5.32 Å². The summed E-state index contributed by atoms with van der Waals surface area (Å²) in [4.78, 5) is 17.1. The third kappa shape index (κ3) is 3.08. The highest BCUT2D eigenvalue weighted by atomic mass is 19.1. The van der Waals surface area contributed by atoms with Crippen LogP contribution in [-0.2, 0) is 0 Å². The van der Waals surface area contributed by atoms with E-state index in [1.54, 1.807) is 0 Å². The summed E-state index contributed by atoms with van der Waals surface area (Å²) in [7, 11) is 0. The number of nitrogens with one attached hydrogen (secondary N) is 2. The molecule has 3 fully saturated rings. The molecule has 0 saturated heterocycles. The zero-order valence-electron chi connectivity index (χ0n) is 17.8. The Morgan fingerprint density at radius 3 is 2.65 bits per heavy atom. The Hall–Kier alpha value is -3.02. The molecule has 0 aliphatic heterocycles. The molecule has 1 aromatic carbocycles. The highest BCUT2D eigenvalue weighted by Gasteiger charge is 2.41. The molecule has 3 saturated carbocycles. The van der Waals surface area contributed by atoms with Gasteiger partial charge in [-0.3, -0.25) is 0 Å². The zero-order chi connectivity index (χ0) is 21.1. The molecular weight excluding hydrogens is 389 g/mol. The molecular formula is C25H26FN5. The minimum atomic E-state index is -0.366. The molecule has 7 rings (SSSR count). The van der Waals surface area contributed by atoms with E-state index in [-0.39, 0.29) is 5.82 Å². The van der Waals surface area contributed by atoms with E-state index in [1.165, 1.54) is 43.5 Å². The van der Waals surface area contributed by atoms with Gasteiger partial charge in [-0.25, -0.2) is 19.3 Å². The van der Waals surface area contributed by atoms with Gasteiger partial charge in [0.25, 0.3) is 0 Å². The normalized spacial score (nSPS) is 25.4. The van der Waals surface area contributed by atoms with Crippen molar-refractivity contribution in [2.45, 2.75) is 45.6 Å². The van der Waals surface area contributed by atoms with E-state index >= 15 is 0 Å². The summed E-state index contributed by atoms with van der Waals surface area (Å²) >= 11 is 0. The lowest BCUT2D eigenvalue weighted by molar-refractivity contribution is 0.0929. The highest BCUT2D eigenvalue weighted by molar-refractivity contribution is 5.96. The van der Waals surface area contributed by atoms with E-state index in [0.717, 1.165) is 28.2 Å². The van der Waals surface area contributed by atoms with E-state index in [4.69, 9.17) is 9.97 Å². The number of nitrogens with zero attached hydrogens (tertiary/aromatic N) is 3. The first kappa shape index (κ1) is 18.7. The lowest BCUT2D eigenvalue weighted by Crippen LogP contribution is -2.47. The standard InChI is InChI=1S/C25H26FN5/c1-13-3-8-21-19(9-13)24(30-22-14(2)15-4-6-16(22)7-5-15)31-25(29-21)20-12-28-23-18(20)10-17(26)11-27-23/h3,8-12,14-16,22H,4-7H2,1-2H3,(H,27,28)(H,29,30,31). The van der Waals surface area contributed by atoms with Gasteiger partial charge >= 0.3 is 0 Å². The van der Waals surface area contributed by atoms with Gasteiger partial charge in [-0.2, -0.15) is 0 Å². The highest BCUT2D eigenvalue weighted by Crippen LogP contribution is 2.46. The largest absolute Gasteiger partial charge is 0.366 e. The fourth-order valence-electron chi connectivity index (χ4n) is 5.80. The molecule has 6 heteroatoms. The van der Waals surface area contributed by atoms with Crippen LogP contribution in [0.1, 0.15) is 38.2 Å². The second-order valence-corrected chi connectivity index (χ2v) is 9.37. The average Bonchev–Trinajstić information content (AvgIpc) is 3.19. The van der Waals surface area contributed by atoms with E-state index in [9.17, 15) is 4.39 Å². The Morgan fingerprint density at radius 1 is 1.03 bits per heavy atom. The molecule has 31 heavy (non-hydrogen) atoms. The van der Waals surface area contributed by atoms with Gasteiger partial charge < -0.3 is 10.3 Å². The number of anilines is 1. The van der Waals surface area contributed by atoms with Crippen LogP contribution in [0.3, 0.4) is 0 Å². The predicted octanol–water partition coefficient (Wildman–Crippen LogP) is 5.86. The first-order valence-corrected chi connectivity index (χ1v) is 11.2. The summed E-state index contributed by atoms with van der Waals surface area (Å²) < 4.78 is 13.9. The van der Waals surface area contributed by atoms with Crippen molar-refractivity contribution in [1.82, 2.24) is 19.9 Å². The van der Waals surface area contributed by atoms with Gasteiger partial charge in [0.15, 0.2) is 5.82 Å². The van der Waals surface area contributed by atoms with Gasteiger partial charge in [0, 0.05) is 28.6 Å². The molecule has 158 valence electrons. The predicted molar refractivity (Wildman–Crippen MR) is 121 cm³/mol. The molecule has 2 bridgehead atoms. The molecule has 0 radical (unpaired) electrons. The number of aromatic nitrogens is 4. The fraction of sp³-hybridized carbons (Fsp3) is 0.400. The summed E-state index contributed by atoms with van der Waals surface area (Å²) in [6, 6.07) is 8.20. The molecule has 4 aromatic rings. The van der Waals surface area contributed by atoms with Gasteiger partial charge in [-0.05, 0) is 68.6 Å². The second-order valence-electron chi connectivity index (χ2n) is 9.37. The van der Waals surface area contributed by atoms with E-state index in [0.29, 0.717) is 34.7 Å². The fourth-order valence-corrected chi connectivity index (χ4v) is 5.80. The number of fused-ring (bicyclic) bond motifs is 5. The number of aromatic amines is 1. The zero-order valence-corrected chi connectivity index (χ0v) is 17.8. The average molecular weight is 416 g/mol. The second kappa shape index (κ2) is 7.01. The summed E-state index contributed by atoms with van der Waals surface area (Å²) in [5.41, 5.74) is 3.48. The van der Waals surface area contributed by atoms with Crippen LogP contribution < -0.4 is 5.32 Å². The number of H-pyrrole nitrogens is 1. The monoisotopic (exact) mass is 415 g/mol. The molecule has 3 aliphatic rings. The van der Waals surface area contributed by atoms with Crippen LogP contribution in [-0.4, -0.2) is 26.0 Å². The Morgan fingerprint density at radius 2 is 1.84 bits per heavy atom. The van der Waals surface area contributed by atoms with Gasteiger partial charge in [0.1, 0.15) is 17.3 Å². The van der Waals surface area contributed by atoms with E-state index in [2.05, 4.69) is 41.3 Å². The summed E-state index contributed by atoms with van der Waals surface area (Å²) in [5, 5.41) is 5.58. The van der Waals surface area contributed by atoms with Crippen LogP contribution in [0.25, 0.3) is 33.3 Å². The van der Waals surface area contributed by atoms with Crippen LogP contribution in [0.2, 0.25) is 0 Å². The quantitative estimate of drug-likeness (QED) is 0.440. The number of halogens is 1. The number of aryl methyl sites for hydroxylation is 1. The smallest absolute Gasteiger partial charge is 0.164 e. The summed E-state index contributed by atoms with van der Waals surface area (Å²) in [6.07, 6.45) is 8.35. The summed E-state index contributed by atoms with van der Waals surface area (Å²) in [6.45, 7) is 4.48. The third-order valence-electron chi connectivity index (χ3n) is 7.53. The lowest BCUT2D eigenvalue weighted by atomic mass is 9.62. The maximum atomic E-state index is 13.9. The van der Waals surface area contributed by atoms with Crippen LogP contribution in [0.15, 0.2) is 36.7 Å². The number of rotatable bonds is 3. The van der Waals surface area contributed by atoms with Crippen LogP contribution in [0.4, 0.5) is 10.2 Å². The van der Waals surface area contributed by atoms with Crippen LogP contribution >= 0.6 is 0 Å². The van der Waals surface area contributed by atoms with E-state index < -0.39 is 0 Å². The molecule has 2 N–H and O–H groups in total. The maximum Gasteiger partial charge on any atom is 0.164 e. The molecule has 0 spiro atoms. The number of hydrogen-bond donors (Lipinski definition) is 2. The van der Waals surface area contributed by atoms with Gasteiger partial charge in [0.05, 0.1) is 11.7 Å². The summed E-state index contributed by atoms with van der Waals surface area (Å²) in [5.74, 6) is 3.24. The first-order valence-electron chi connectivity index (χ1n) is 11.2. The third-order valence-corrected chi connectivity index (χ3v) is 7.53. The van der Waals surface area contributed by atoms with Crippen molar-refractivity contribution in [3.63, 3.8) is 0 Å².